The number of hydrogen-bond acceptors (Lipinski definition) is 2. The monoisotopic (exact) mass is 288 g/mol. The maximum Gasteiger partial charge on any atom is 0.185 e. The van der Waals surface area contributed by atoms with Crippen LogP contribution in [0.2, 0.25) is 0 Å². The minimum absolute atomic E-state index is 0.0765. The Morgan fingerprint density at radius 3 is 2.45 bits per heavy atom. The first-order valence-electron chi connectivity index (χ1n) is 7.15. The highest BCUT2D eigenvalue weighted by atomic mass is 16.3. The van der Waals surface area contributed by atoms with E-state index in [-0.39, 0.29) is 11.5 Å². The molecule has 0 fully saturated rings. The van der Waals surface area contributed by atoms with Crippen LogP contribution in [0.1, 0.15) is 21.5 Å². The number of phenolic OH excluding ortho intramolecular Hbond substituents is 1. The summed E-state index contributed by atoms with van der Waals surface area (Å²) in [7, 11) is 0. The zero-order valence-electron chi connectivity index (χ0n) is 12.3. The first-order chi connectivity index (χ1) is 10.6. The molecule has 0 aliphatic carbocycles. The maximum atomic E-state index is 12.2. The van der Waals surface area contributed by atoms with Gasteiger partial charge in [0.2, 0.25) is 0 Å². The van der Waals surface area contributed by atoms with Crippen LogP contribution in [0.3, 0.4) is 0 Å². The van der Waals surface area contributed by atoms with Crippen molar-refractivity contribution in [2.45, 2.75) is 6.92 Å². The molecule has 0 saturated heterocycles. The maximum absolute atomic E-state index is 12.2. The minimum Gasteiger partial charge on any atom is -0.507 e. The third-order valence-corrected chi connectivity index (χ3v) is 3.69. The van der Waals surface area contributed by atoms with Crippen molar-refractivity contribution in [2.24, 2.45) is 0 Å². The Kier molecular flexibility index (Phi) is 3.75. The van der Waals surface area contributed by atoms with E-state index in [1.807, 2.05) is 61.5 Å². The molecule has 2 heteroatoms. The van der Waals surface area contributed by atoms with Gasteiger partial charge in [-0.2, -0.15) is 0 Å². The summed E-state index contributed by atoms with van der Waals surface area (Å²) < 4.78 is 0. The van der Waals surface area contributed by atoms with Gasteiger partial charge >= 0.3 is 0 Å². The van der Waals surface area contributed by atoms with Gasteiger partial charge in [0.1, 0.15) is 5.75 Å². The molecule has 0 atom stereocenters. The van der Waals surface area contributed by atoms with Crippen molar-refractivity contribution in [1.82, 2.24) is 0 Å². The first-order valence-corrected chi connectivity index (χ1v) is 7.15. The Bertz CT molecular complexity index is 859. The van der Waals surface area contributed by atoms with Gasteiger partial charge in [0.05, 0.1) is 0 Å². The fourth-order valence-electron chi connectivity index (χ4n) is 2.43. The molecule has 0 spiro atoms. The number of aromatic hydroxyl groups is 1. The number of hydrogen-bond donors (Lipinski definition) is 1. The van der Waals surface area contributed by atoms with E-state index in [0.717, 1.165) is 16.3 Å². The van der Waals surface area contributed by atoms with E-state index in [1.165, 1.54) is 6.08 Å². The molecular formula is C20H16O2. The predicted octanol–water partition coefficient (Wildman–Crippen LogP) is 4.75. The Hall–Kier alpha value is -2.87. The molecule has 0 amide bonds. The smallest absolute Gasteiger partial charge is 0.185 e. The lowest BCUT2D eigenvalue weighted by molar-refractivity contribution is 0.104. The Morgan fingerprint density at radius 1 is 0.955 bits per heavy atom. The van der Waals surface area contributed by atoms with E-state index in [9.17, 15) is 9.90 Å². The summed E-state index contributed by atoms with van der Waals surface area (Å²) in [6.45, 7) is 1.98. The molecule has 22 heavy (non-hydrogen) atoms. The number of fused-ring (bicyclic) bond motifs is 1. The van der Waals surface area contributed by atoms with Gasteiger partial charge in [-0.3, -0.25) is 4.79 Å². The van der Waals surface area contributed by atoms with Crippen LogP contribution in [0.5, 0.6) is 5.75 Å². The molecule has 2 nitrogen and oxygen atoms in total. The quantitative estimate of drug-likeness (QED) is 0.558. The Labute approximate surface area is 129 Å². The third kappa shape index (κ3) is 2.77. The topological polar surface area (TPSA) is 37.3 Å². The summed E-state index contributed by atoms with van der Waals surface area (Å²) in [5.74, 6) is 0.0963. The molecule has 3 rings (SSSR count). The molecule has 0 unspecified atom stereocenters. The lowest BCUT2D eigenvalue weighted by Gasteiger charge is -2.05. The lowest BCUT2D eigenvalue weighted by Crippen LogP contribution is -1.93. The summed E-state index contributed by atoms with van der Waals surface area (Å²) in [6, 6.07) is 18.7. The normalized spacial score (nSPS) is 11.1. The van der Waals surface area contributed by atoms with E-state index in [0.29, 0.717) is 11.1 Å². The molecule has 0 bridgehead atoms. The molecule has 0 aliphatic rings. The Morgan fingerprint density at radius 2 is 1.68 bits per heavy atom. The summed E-state index contributed by atoms with van der Waals surface area (Å²) in [5.41, 5.74) is 2.42. The van der Waals surface area contributed by atoms with Gasteiger partial charge in [0, 0.05) is 11.1 Å². The van der Waals surface area contributed by atoms with E-state index in [2.05, 4.69) is 0 Å². The molecule has 3 aromatic carbocycles. The summed E-state index contributed by atoms with van der Waals surface area (Å²) in [5, 5.41) is 12.0. The van der Waals surface area contributed by atoms with Crippen LogP contribution in [0.25, 0.3) is 16.8 Å². The van der Waals surface area contributed by atoms with Crippen LogP contribution in [0, 0.1) is 6.92 Å². The van der Waals surface area contributed by atoms with Gasteiger partial charge < -0.3 is 5.11 Å². The predicted molar refractivity (Wildman–Crippen MR) is 90.2 cm³/mol. The van der Waals surface area contributed by atoms with Crippen molar-refractivity contribution in [2.75, 3.05) is 0 Å². The third-order valence-electron chi connectivity index (χ3n) is 3.69. The van der Waals surface area contributed by atoms with E-state index >= 15 is 0 Å². The average molecular weight is 288 g/mol. The van der Waals surface area contributed by atoms with Gasteiger partial charge in [-0.1, -0.05) is 60.2 Å². The zero-order valence-corrected chi connectivity index (χ0v) is 12.3. The molecule has 0 saturated carbocycles. The number of allylic oxidation sites excluding steroid dienone is 1. The van der Waals surface area contributed by atoms with Crippen LogP contribution in [-0.2, 0) is 0 Å². The van der Waals surface area contributed by atoms with Crippen molar-refractivity contribution in [3.8, 4) is 5.75 Å². The summed E-state index contributed by atoms with van der Waals surface area (Å²) in [4.78, 5) is 12.2. The average Bonchev–Trinajstić information content (AvgIpc) is 2.54. The van der Waals surface area contributed by atoms with Gasteiger partial charge in [-0.25, -0.2) is 0 Å². The number of phenols is 1. The van der Waals surface area contributed by atoms with E-state index in [4.69, 9.17) is 0 Å². The highest BCUT2D eigenvalue weighted by Crippen LogP contribution is 2.28. The number of benzene rings is 3. The molecular weight excluding hydrogens is 272 g/mol. The van der Waals surface area contributed by atoms with Crippen LogP contribution >= 0.6 is 0 Å². The zero-order chi connectivity index (χ0) is 15.5. The SMILES string of the molecule is Cc1ccc(C(=O)/C=C/c2c(O)ccc3ccccc23)cc1. The van der Waals surface area contributed by atoms with Crippen LogP contribution in [-0.4, -0.2) is 10.9 Å². The molecule has 3 aromatic rings. The lowest BCUT2D eigenvalue weighted by atomic mass is 10.0. The van der Waals surface area contributed by atoms with E-state index < -0.39 is 0 Å². The number of carbonyl (C=O) groups is 1. The van der Waals surface area contributed by atoms with Crippen molar-refractivity contribution in [3.05, 3.63) is 83.4 Å². The standard InChI is InChI=1S/C20H16O2/c1-14-6-8-16(9-7-14)19(21)13-11-18-17-5-3-2-4-15(17)10-12-20(18)22/h2-13,22H,1H3/b13-11+. The largest absolute Gasteiger partial charge is 0.507 e. The molecule has 0 radical (unpaired) electrons. The van der Waals surface area contributed by atoms with Gasteiger partial charge in [0.25, 0.3) is 0 Å². The number of rotatable bonds is 3. The molecule has 0 aromatic heterocycles. The summed E-state index contributed by atoms with van der Waals surface area (Å²) >= 11 is 0. The summed E-state index contributed by atoms with van der Waals surface area (Å²) in [6.07, 6.45) is 3.19. The second kappa shape index (κ2) is 5.86. The molecule has 1 N–H and O–H groups in total. The van der Waals surface area contributed by atoms with Crippen molar-refractivity contribution in [3.63, 3.8) is 0 Å². The van der Waals surface area contributed by atoms with Crippen LogP contribution < -0.4 is 0 Å². The highest BCUT2D eigenvalue weighted by molar-refractivity contribution is 6.08. The first kappa shape index (κ1) is 14.1. The minimum atomic E-state index is -0.0765. The van der Waals surface area contributed by atoms with Gasteiger partial charge in [0.15, 0.2) is 5.78 Å². The van der Waals surface area contributed by atoms with Crippen molar-refractivity contribution >= 4 is 22.6 Å². The second-order valence-corrected chi connectivity index (χ2v) is 5.28. The highest BCUT2D eigenvalue weighted by Gasteiger charge is 2.05. The number of ketones is 1. The van der Waals surface area contributed by atoms with Gasteiger partial charge in [-0.15, -0.1) is 0 Å². The molecule has 0 heterocycles. The van der Waals surface area contributed by atoms with Crippen LogP contribution in [0.15, 0.2) is 66.7 Å². The van der Waals surface area contributed by atoms with E-state index in [1.54, 1.807) is 12.1 Å². The van der Waals surface area contributed by atoms with Gasteiger partial charge in [-0.05, 0) is 35.9 Å². The molecule has 0 aliphatic heterocycles. The fraction of sp³-hybridized carbons (Fsp3) is 0.0500. The van der Waals surface area contributed by atoms with Crippen LogP contribution in [0.4, 0.5) is 0 Å². The van der Waals surface area contributed by atoms with Crippen molar-refractivity contribution < 1.29 is 9.90 Å². The Balaban J connectivity index is 1.97. The number of aryl methyl sites for hydroxylation is 1. The second-order valence-electron chi connectivity index (χ2n) is 5.28. The molecule has 108 valence electrons. The van der Waals surface area contributed by atoms with Crippen molar-refractivity contribution in [1.29, 1.82) is 0 Å². The number of carbonyl (C=O) groups excluding carboxylic acids is 1. The fourth-order valence-corrected chi connectivity index (χ4v) is 2.43.